The van der Waals surface area contributed by atoms with Gasteiger partial charge in [0.05, 0.1) is 12.8 Å². The van der Waals surface area contributed by atoms with Crippen LogP contribution in [0, 0.1) is 0 Å². The van der Waals surface area contributed by atoms with Crippen molar-refractivity contribution in [3.63, 3.8) is 0 Å². The monoisotopic (exact) mass is 263 g/mol. The summed E-state index contributed by atoms with van der Waals surface area (Å²) in [5.74, 6) is 0.876. The number of aromatic hydroxyl groups is 1. The van der Waals surface area contributed by atoms with Crippen LogP contribution in [0.25, 0.3) is 0 Å². The minimum absolute atomic E-state index is 0.198. The minimum Gasteiger partial charge on any atom is -0.507 e. The highest BCUT2D eigenvalue weighted by molar-refractivity contribution is 5.83. The molecule has 1 aromatic carbocycles. The molecule has 0 saturated carbocycles. The SMILES string of the molecule is CCOc1ccc(/C=N/N2CCN(C)CC2)c(O)c1. The summed E-state index contributed by atoms with van der Waals surface area (Å²) >= 11 is 0. The summed E-state index contributed by atoms with van der Waals surface area (Å²) in [6.45, 7) is 6.39. The molecule has 0 unspecified atom stereocenters. The molecule has 0 atom stereocenters. The first-order valence-electron chi connectivity index (χ1n) is 6.62. The van der Waals surface area contributed by atoms with Crippen molar-refractivity contribution < 1.29 is 9.84 Å². The van der Waals surface area contributed by atoms with Crippen molar-refractivity contribution in [3.05, 3.63) is 23.8 Å². The molecule has 0 radical (unpaired) electrons. The van der Waals surface area contributed by atoms with E-state index in [1.54, 1.807) is 12.3 Å². The number of likely N-dealkylation sites (N-methyl/N-ethyl adjacent to an activating group) is 1. The number of piperazine rings is 1. The number of phenols is 1. The van der Waals surface area contributed by atoms with Crippen molar-refractivity contribution in [1.29, 1.82) is 0 Å². The molecule has 5 heteroatoms. The van der Waals surface area contributed by atoms with E-state index in [2.05, 4.69) is 17.0 Å². The fourth-order valence-corrected chi connectivity index (χ4v) is 1.94. The lowest BCUT2D eigenvalue weighted by atomic mass is 10.2. The van der Waals surface area contributed by atoms with Crippen LogP contribution in [0.2, 0.25) is 0 Å². The summed E-state index contributed by atoms with van der Waals surface area (Å²) in [4.78, 5) is 2.28. The standard InChI is InChI=1S/C14H21N3O2/c1-3-19-13-5-4-12(14(18)10-13)11-15-17-8-6-16(2)7-9-17/h4-5,10-11,18H,3,6-9H2,1-2H3/b15-11+. The molecule has 0 amide bonds. The molecule has 1 aromatic rings. The van der Waals surface area contributed by atoms with Gasteiger partial charge in [-0.2, -0.15) is 5.10 Å². The van der Waals surface area contributed by atoms with Crippen molar-refractivity contribution in [2.75, 3.05) is 39.8 Å². The maximum atomic E-state index is 9.89. The zero-order valence-corrected chi connectivity index (χ0v) is 11.5. The van der Waals surface area contributed by atoms with E-state index in [1.807, 2.05) is 24.1 Å². The number of hydrogen-bond acceptors (Lipinski definition) is 5. The zero-order valence-electron chi connectivity index (χ0n) is 11.5. The molecule has 1 heterocycles. The second-order valence-corrected chi connectivity index (χ2v) is 4.66. The van der Waals surface area contributed by atoms with E-state index in [-0.39, 0.29) is 5.75 Å². The Labute approximate surface area is 114 Å². The highest BCUT2D eigenvalue weighted by atomic mass is 16.5. The first kappa shape index (κ1) is 13.7. The van der Waals surface area contributed by atoms with Crippen LogP contribution in [-0.4, -0.2) is 61.1 Å². The summed E-state index contributed by atoms with van der Waals surface area (Å²) < 4.78 is 5.33. The van der Waals surface area contributed by atoms with E-state index in [4.69, 9.17) is 4.74 Å². The number of hydrazone groups is 1. The molecule has 0 aromatic heterocycles. The maximum Gasteiger partial charge on any atom is 0.128 e. The lowest BCUT2D eigenvalue weighted by Gasteiger charge is -2.30. The summed E-state index contributed by atoms with van der Waals surface area (Å²) in [7, 11) is 2.11. The molecule has 0 spiro atoms. The van der Waals surface area contributed by atoms with Crippen LogP contribution in [0.3, 0.4) is 0 Å². The summed E-state index contributed by atoms with van der Waals surface area (Å²) in [5, 5.41) is 16.3. The number of ether oxygens (including phenoxy) is 1. The van der Waals surface area contributed by atoms with E-state index < -0.39 is 0 Å². The van der Waals surface area contributed by atoms with Crippen LogP contribution >= 0.6 is 0 Å². The molecule has 1 fully saturated rings. The number of nitrogens with zero attached hydrogens (tertiary/aromatic N) is 3. The first-order chi connectivity index (χ1) is 9.19. The molecular formula is C14H21N3O2. The van der Waals surface area contributed by atoms with Gasteiger partial charge in [-0.25, -0.2) is 0 Å². The van der Waals surface area contributed by atoms with Gasteiger partial charge in [0.1, 0.15) is 11.5 Å². The molecule has 5 nitrogen and oxygen atoms in total. The van der Waals surface area contributed by atoms with Gasteiger partial charge in [-0.1, -0.05) is 0 Å². The summed E-state index contributed by atoms with van der Waals surface area (Å²) in [6, 6.07) is 5.28. The fourth-order valence-electron chi connectivity index (χ4n) is 1.94. The number of rotatable bonds is 4. The molecule has 104 valence electrons. The largest absolute Gasteiger partial charge is 0.507 e. The van der Waals surface area contributed by atoms with Gasteiger partial charge >= 0.3 is 0 Å². The van der Waals surface area contributed by atoms with Gasteiger partial charge in [-0.05, 0) is 26.1 Å². The van der Waals surface area contributed by atoms with Crippen LogP contribution in [0.15, 0.2) is 23.3 Å². The van der Waals surface area contributed by atoms with Gasteiger partial charge in [0, 0.05) is 37.8 Å². The minimum atomic E-state index is 0.198. The Morgan fingerprint density at radius 3 is 2.68 bits per heavy atom. The third kappa shape index (κ3) is 3.86. The van der Waals surface area contributed by atoms with Crippen molar-refractivity contribution in [3.8, 4) is 11.5 Å². The Morgan fingerprint density at radius 1 is 1.32 bits per heavy atom. The Kier molecular flexibility index (Phi) is 4.63. The summed E-state index contributed by atoms with van der Waals surface area (Å²) in [6.07, 6.45) is 1.70. The topological polar surface area (TPSA) is 48.3 Å². The Balaban J connectivity index is 1.98. The third-order valence-corrected chi connectivity index (χ3v) is 3.15. The molecule has 1 aliphatic heterocycles. The summed E-state index contributed by atoms with van der Waals surface area (Å²) in [5.41, 5.74) is 0.711. The first-order valence-corrected chi connectivity index (χ1v) is 6.62. The highest BCUT2D eigenvalue weighted by Crippen LogP contribution is 2.22. The fraction of sp³-hybridized carbons (Fsp3) is 0.500. The van der Waals surface area contributed by atoms with Crippen LogP contribution in [-0.2, 0) is 0 Å². The second-order valence-electron chi connectivity index (χ2n) is 4.66. The smallest absolute Gasteiger partial charge is 0.128 e. The molecule has 0 aliphatic carbocycles. The predicted octanol–water partition coefficient (Wildman–Crippen LogP) is 1.37. The molecule has 19 heavy (non-hydrogen) atoms. The average molecular weight is 263 g/mol. The predicted molar refractivity (Wildman–Crippen MR) is 75.9 cm³/mol. The van der Waals surface area contributed by atoms with E-state index in [9.17, 15) is 5.11 Å². The van der Waals surface area contributed by atoms with Gasteiger partial charge < -0.3 is 14.7 Å². The van der Waals surface area contributed by atoms with Crippen LogP contribution in [0.1, 0.15) is 12.5 Å². The van der Waals surface area contributed by atoms with Gasteiger partial charge in [0.2, 0.25) is 0 Å². The Morgan fingerprint density at radius 2 is 2.05 bits per heavy atom. The number of hydrogen-bond donors (Lipinski definition) is 1. The lowest BCUT2D eigenvalue weighted by Crippen LogP contribution is -2.41. The normalized spacial score (nSPS) is 17.1. The molecule has 1 N–H and O–H groups in total. The van der Waals surface area contributed by atoms with E-state index >= 15 is 0 Å². The highest BCUT2D eigenvalue weighted by Gasteiger charge is 2.11. The van der Waals surface area contributed by atoms with Crippen molar-refractivity contribution >= 4 is 6.21 Å². The molecule has 2 rings (SSSR count). The van der Waals surface area contributed by atoms with Crippen molar-refractivity contribution in [2.45, 2.75) is 6.92 Å². The Bertz CT molecular complexity index is 440. The lowest BCUT2D eigenvalue weighted by molar-refractivity contribution is 0.159. The molecule has 1 aliphatic rings. The zero-order chi connectivity index (χ0) is 13.7. The van der Waals surface area contributed by atoms with E-state index in [1.165, 1.54) is 0 Å². The van der Waals surface area contributed by atoms with Gasteiger partial charge in [0.25, 0.3) is 0 Å². The number of benzene rings is 1. The number of phenolic OH excluding ortho intramolecular Hbond substituents is 1. The van der Waals surface area contributed by atoms with Gasteiger partial charge in [-0.15, -0.1) is 0 Å². The van der Waals surface area contributed by atoms with Crippen LogP contribution < -0.4 is 4.74 Å². The molecule has 1 saturated heterocycles. The third-order valence-electron chi connectivity index (χ3n) is 3.15. The van der Waals surface area contributed by atoms with Crippen molar-refractivity contribution in [1.82, 2.24) is 9.91 Å². The molecule has 0 bridgehead atoms. The van der Waals surface area contributed by atoms with E-state index in [0.717, 1.165) is 26.2 Å². The van der Waals surface area contributed by atoms with Gasteiger partial charge in [0.15, 0.2) is 0 Å². The molecular weight excluding hydrogens is 242 g/mol. The van der Waals surface area contributed by atoms with Crippen LogP contribution in [0.5, 0.6) is 11.5 Å². The quantitative estimate of drug-likeness (QED) is 0.834. The second kappa shape index (κ2) is 6.43. The Hall–Kier alpha value is -1.75. The maximum absolute atomic E-state index is 9.89. The van der Waals surface area contributed by atoms with Crippen molar-refractivity contribution in [2.24, 2.45) is 5.10 Å². The average Bonchev–Trinajstić information content (AvgIpc) is 2.40. The van der Waals surface area contributed by atoms with E-state index in [0.29, 0.717) is 17.9 Å². The van der Waals surface area contributed by atoms with Crippen LogP contribution in [0.4, 0.5) is 0 Å². The van der Waals surface area contributed by atoms with Gasteiger partial charge in [-0.3, -0.25) is 5.01 Å².